The van der Waals surface area contributed by atoms with Crippen LogP contribution in [-0.2, 0) is 10.0 Å². The van der Waals surface area contributed by atoms with Gasteiger partial charge in [0, 0.05) is 12.1 Å². The summed E-state index contributed by atoms with van der Waals surface area (Å²) < 4.78 is 39.8. The van der Waals surface area contributed by atoms with E-state index in [-0.39, 0.29) is 26.9 Å². The second-order valence-electron chi connectivity index (χ2n) is 4.44. The van der Waals surface area contributed by atoms with Crippen molar-refractivity contribution in [3.05, 3.63) is 62.9 Å². The van der Waals surface area contributed by atoms with Crippen LogP contribution in [0.1, 0.15) is 5.56 Å². The van der Waals surface area contributed by atoms with E-state index in [1.807, 2.05) is 0 Å². The zero-order valence-electron chi connectivity index (χ0n) is 11.2. The third-order valence-electron chi connectivity index (χ3n) is 2.84. The van der Waals surface area contributed by atoms with Crippen molar-refractivity contribution in [3.63, 3.8) is 0 Å². The van der Waals surface area contributed by atoms with Crippen molar-refractivity contribution in [1.29, 1.82) is 0 Å². The van der Waals surface area contributed by atoms with Gasteiger partial charge in [0.2, 0.25) is 0 Å². The van der Waals surface area contributed by atoms with Gasteiger partial charge in [0.25, 0.3) is 15.7 Å². The molecule has 0 aliphatic heterocycles. The van der Waals surface area contributed by atoms with Crippen LogP contribution in [0, 0.1) is 22.9 Å². The molecular weight excluding hydrogens is 335 g/mol. The molecule has 0 bridgehead atoms. The van der Waals surface area contributed by atoms with Crippen molar-refractivity contribution in [3.8, 4) is 0 Å². The standard InChI is InChI=1S/C13H10ClFN2O4S/c1-8-6-10(3-5-12(8)15)22(20,21)16-13-7-9(17(18)19)2-4-11(13)14/h2-7,16H,1H3. The van der Waals surface area contributed by atoms with Gasteiger partial charge in [0.15, 0.2) is 0 Å². The number of non-ortho nitro benzene ring substituents is 1. The van der Waals surface area contributed by atoms with E-state index in [2.05, 4.69) is 4.72 Å². The van der Waals surface area contributed by atoms with Gasteiger partial charge in [-0.15, -0.1) is 0 Å². The fraction of sp³-hybridized carbons (Fsp3) is 0.0769. The third kappa shape index (κ3) is 3.34. The van der Waals surface area contributed by atoms with E-state index in [1.165, 1.54) is 13.0 Å². The van der Waals surface area contributed by atoms with Gasteiger partial charge < -0.3 is 0 Å². The van der Waals surface area contributed by atoms with Crippen molar-refractivity contribution >= 4 is 33.0 Å². The second kappa shape index (κ2) is 5.90. The number of halogens is 2. The summed E-state index contributed by atoms with van der Waals surface area (Å²) in [5.74, 6) is -0.535. The number of sulfonamides is 1. The maximum atomic E-state index is 13.2. The van der Waals surface area contributed by atoms with Crippen molar-refractivity contribution in [2.75, 3.05) is 4.72 Å². The number of nitro groups is 1. The van der Waals surface area contributed by atoms with Gasteiger partial charge in [-0.25, -0.2) is 12.8 Å². The molecule has 0 unspecified atom stereocenters. The lowest BCUT2D eigenvalue weighted by molar-refractivity contribution is -0.384. The van der Waals surface area contributed by atoms with E-state index >= 15 is 0 Å². The Bertz CT molecular complexity index is 855. The number of aryl methyl sites for hydroxylation is 1. The normalized spacial score (nSPS) is 11.2. The molecule has 0 aromatic heterocycles. The molecule has 2 aromatic rings. The minimum absolute atomic E-state index is 0.00742. The van der Waals surface area contributed by atoms with Crippen LogP contribution in [0.5, 0.6) is 0 Å². The Hall–Kier alpha value is -2.19. The molecule has 1 N–H and O–H groups in total. The first kappa shape index (κ1) is 16.2. The molecular formula is C13H10ClFN2O4S. The molecule has 0 aliphatic rings. The van der Waals surface area contributed by atoms with Crippen LogP contribution >= 0.6 is 11.6 Å². The lowest BCUT2D eigenvalue weighted by atomic mass is 10.2. The summed E-state index contributed by atoms with van der Waals surface area (Å²) in [6.07, 6.45) is 0. The second-order valence-corrected chi connectivity index (χ2v) is 6.53. The quantitative estimate of drug-likeness (QED) is 0.679. The van der Waals surface area contributed by atoms with E-state index in [0.717, 1.165) is 30.3 Å². The molecule has 9 heteroatoms. The summed E-state index contributed by atoms with van der Waals surface area (Å²) in [6, 6.07) is 6.66. The summed E-state index contributed by atoms with van der Waals surface area (Å²) in [5, 5.41) is 10.7. The highest BCUT2D eigenvalue weighted by molar-refractivity contribution is 7.92. The largest absolute Gasteiger partial charge is 0.278 e. The van der Waals surface area contributed by atoms with Crippen molar-refractivity contribution in [1.82, 2.24) is 0 Å². The molecule has 0 spiro atoms. The minimum atomic E-state index is -4.04. The zero-order valence-corrected chi connectivity index (χ0v) is 12.8. The van der Waals surface area contributed by atoms with Crippen LogP contribution in [0.2, 0.25) is 5.02 Å². The molecule has 2 rings (SSSR count). The molecule has 0 atom stereocenters. The predicted octanol–water partition coefficient (Wildman–Crippen LogP) is 3.50. The van der Waals surface area contributed by atoms with E-state index in [4.69, 9.17) is 11.6 Å². The smallest absolute Gasteiger partial charge is 0.271 e. The Balaban J connectivity index is 2.42. The number of nitrogens with one attached hydrogen (secondary N) is 1. The van der Waals surface area contributed by atoms with Crippen LogP contribution in [0.3, 0.4) is 0 Å². The SMILES string of the molecule is Cc1cc(S(=O)(=O)Nc2cc([N+](=O)[O-])ccc2Cl)ccc1F. The molecule has 0 amide bonds. The Labute approximate surface area is 130 Å². The van der Waals surface area contributed by atoms with E-state index in [9.17, 15) is 22.9 Å². The van der Waals surface area contributed by atoms with Gasteiger partial charge >= 0.3 is 0 Å². The summed E-state index contributed by atoms with van der Waals surface area (Å²) in [7, 11) is -4.04. The Morgan fingerprint density at radius 3 is 2.50 bits per heavy atom. The lowest BCUT2D eigenvalue weighted by Gasteiger charge is -2.10. The number of nitro benzene ring substituents is 1. The average Bonchev–Trinajstić information content (AvgIpc) is 2.43. The Morgan fingerprint density at radius 1 is 1.23 bits per heavy atom. The number of benzene rings is 2. The van der Waals surface area contributed by atoms with Gasteiger partial charge in [0.05, 0.1) is 20.5 Å². The van der Waals surface area contributed by atoms with E-state index < -0.39 is 20.8 Å². The van der Waals surface area contributed by atoms with Crippen molar-refractivity contribution < 1.29 is 17.7 Å². The van der Waals surface area contributed by atoms with Gasteiger partial charge in [0.1, 0.15) is 5.82 Å². The topological polar surface area (TPSA) is 89.3 Å². The molecule has 0 radical (unpaired) electrons. The van der Waals surface area contributed by atoms with Crippen LogP contribution in [0.25, 0.3) is 0 Å². The van der Waals surface area contributed by atoms with Gasteiger partial charge in [-0.05, 0) is 36.8 Å². The van der Waals surface area contributed by atoms with Crippen LogP contribution in [-0.4, -0.2) is 13.3 Å². The molecule has 0 saturated carbocycles. The summed E-state index contributed by atoms with van der Waals surface area (Å²) in [5.41, 5.74) is -0.275. The van der Waals surface area contributed by atoms with Crippen LogP contribution < -0.4 is 4.72 Å². The van der Waals surface area contributed by atoms with Crippen LogP contribution in [0.15, 0.2) is 41.3 Å². The summed E-state index contributed by atoms with van der Waals surface area (Å²) in [4.78, 5) is 9.88. The molecule has 0 aliphatic carbocycles. The lowest BCUT2D eigenvalue weighted by Crippen LogP contribution is -2.13. The first-order valence-corrected chi connectivity index (χ1v) is 7.80. The summed E-state index contributed by atoms with van der Waals surface area (Å²) in [6.45, 7) is 1.43. The van der Waals surface area contributed by atoms with Crippen molar-refractivity contribution in [2.24, 2.45) is 0 Å². The van der Waals surface area contributed by atoms with Crippen LogP contribution in [0.4, 0.5) is 15.8 Å². The number of anilines is 1. The number of hydrogen-bond donors (Lipinski definition) is 1. The zero-order chi connectivity index (χ0) is 16.5. The maximum Gasteiger partial charge on any atom is 0.271 e. The minimum Gasteiger partial charge on any atom is -0.278 e. The third-order valence-corrected chi connectivity index (χ3v) is 4.54. The average molecular weight is 345 g/mol. The maximum absolute atomic E-state index is 13.2. The van der Waals surface area contributed by atoms with E-state index in [0.29, 0.717) is 0 Å². The number of hydrogen-bond acceptors (Lipinski definition) is 4. The number of rotatable bonds is 4. The monoisotopic (exact) mass is 344 g/mol. The van der Waals surface area contributed by atoms with Gasteiger partial charge in [-0.2, -0.15) is 0 Å². The molecule has 2 aromatic carbocycles. The predicted molar refractivity (Wildman–Crippen MR) is 80.1 cm³/mol. The first-order valence-electron chi connectivity index (χ1n) is 5.93. The Morgan fingerprint density at radius 2 is 1.91 bits per heavy atom. The fourth-order valence-electron chi connectivity index (χ4n) is 1.69. The fourth-order valence-corrected chi connectivity index (χ4v) is 3.07. The molecule has 116 valence electrons. The van der Waals surface area contributed by atoms with Crippen molar-refractivity contribution in [2.45, 2.75) is 11.8 Å². The first-order chi connectivity index (χ1) is 10.2. The molecule has 0 saturated heterocycles. The molecule has 0 fully saturated rings. The highest BCUT2D eigenvalue weighted by atomic mass is 35.5. The highest BCUT2D eigenvalue weighted by Gasteiger charge is 2.19. The number of nitrogens with zero attached hydrogens (tertiary/aromatic N) is 1. The highest BCUT2D eigenvalue weighted by Crippen LogP contribution is 2.29. The Kier molecular flexibility index (Phi) is 4.34. The van der Waals surface area contributed by atoms with Gasteiger partial charge in [-0.1, -0.05) is 11.6 Å². The summed E-state index contributed by atoms with van der Waals surface area (Å²) >= 11 is 5.84. The van der Waals surface area contributed by atoms with E-state index in [1.54, 1.807) is 0 Å². The molecule has 0 heterocycles. The van der Waals surface area contributed by atoms with Gasteiger partial charge in [-0.3, -0.25) is 14.8 Å². The molecule has 6 nitrogen and oxygen atoms in total. The molecule has 22 heavy (non-hydrogen) atoms.